The van der Waals surface area contributed by atoms with Gasteiger partial charge in [-0.05, 0) is 52.0 Å². The van der Waals surface area contributed by atoms with Crippen LogP contribution >= 0.6 is 0 Å². The van der Waals surface area contributed by atoms with E-state index in [9.17, 15) is 14.4 Å². The summed E-state index contributed by atoms with van der Waals surface area (Å²) in [7, 11) is 0. The highest BCUT2D eigenvalue weighted by atomic mass is 16.5. The van der Waals surface area contributed by atoms with Gasteiger partial charge in [0.15, 0.2) is 0 Å². The van der Waals surface area contributed by atoms with Crippen molar-refractivity contribution >= 4 is 29.1 Å². The average molecular weight is 461 g/mol. The highest BCUT2D eigenvalue weighted by Crippen LogP contribution is 2.60. The van der Waals surface area contributed by atoms with Gasteiger partial charge in [-0.25, -0.2) is 0 Å². The van der Waals surface area contributed by atoms with Crippen molar-refractivity contribution in [2.24, 2.45) is 11.8 Å². The lowest BCUT2D eigenvalue weighted by Crippen LogP contribution is -2.58. The van der Waals surface area contributed by atoms with Gasteiger partial charge >= 0.3 is 0 Å². The Balaban J connectivity index is 1.59. The van der Waals surface area contributed by atoms with Gasteiger partial charge in [-0.1, -0.05) is 30.4 Å². The first kappa shape index (κ1) is 22.3. The highest BCUT2D eigenvalue weighted by molar-refractivity contribution is 6.11. The number of amides is 3. The fraction of sp³-hybridized carbons (Fsp3) is 0.385. The Labute approximate surface area is 198 Å². The SMILES string of the molecule is CC(C)(C)NC(=O)[C@@H]1N(c2cccnc2)C(=O)[C@@H]2[C@H](C(=O)Nc3ccccc3)[C@@]3(C)C=C[C@]21O3. The van der Waals surface area contributed by atoms with Crippen LogP contribution in [0.3, 0.4) is 0 Å². The Hall–Kier alpha value is -3.52. The Morgan fingerprint density at radius 2 is 1.79 bits per heavy atom. The molecule has 2 N–H and O–H groups in total. The van der Waals surface area contributed by atoms with Crippen molar-refractivity contribution in [3.63, 3.8) is 0 Å². The molecule has 2 aromatic rings. The molecule has 0 radical (unpaired) electrons. The number of nitrogens with zero attached hydrogens (tertiary/aromatic N) is 2. The summed E-state index contributed by atoms with van der Waals surface area (Å²) in [5.41, 5.74) is -1.69. The summed E-state index contributed by atoms with van der Waals surface area (Å²) in [5.74, 6) is -2.66. The van der Waals surface area contributed by atoms with Crippen LogP contribution < -0.4 is 15.5 Å². The Morgan fingerprint density at radius 3 is 2.44 bits per heavy atom. The van der Waals surface area contributed by atoms with Gasteiger partial charge in [0.25, 0.3) is 0 Å². The first-order valence-electron chi connectivity index (χ1n) is 11.4. The van der Waals surface area contributed by atoms with Crippen molar-refractivity contribution in [3.05, 3.63) is 67.0 Å². The van der Waals surface area contributed by atoms with Crippen molar-refractivity contribution in [3.8, 4) is 0 Å². The number of hydrogen-bond acceptors (Lipinski definition) is 5. The summed E-state index contributed by atoms with van der Waals surface area (Å²) >= 11 is 0. The third-order valence-electron chi connectivity index (χ3n) is 6.69. The maximum atomic E-state index is 14.0. The topological polar surface area (TPSA) is 101 Å². The lowest BCUT2D eigenvalue weighted by molar-refractivity contribution is -0.131. The van der Waals surface area contributed by atoms with E-state index in [1.54, 1.807) is 49.7 Å². The Bertz CT molecular complexity index is 1180. The number of para-hydroxylation sites is 1. The van der Waals surface area contributed by atoms with Crippen LogP contribution in [0, 0.1) is 11.8 Å². The van der Waals surface area contributed by atoms with E-state index in [-0.39, 0.29) is 17.7 Å². The van der Waals surface area contributed by atoms with Crippen molar-refractivity contribution in [2.45, 2.75) is 50.5 Å². The average Bonchev–Trinajstić information content (AvgIpc) is 3.34. The molecule has 0 aliphatic carbocycles. The molecule has 1 spiro atoms. The minimum Gasteiger partial charge on any atom is -0.356 e. The number of fused-ring (bicyclic) bond motifs is 1. The standard InChI is InChI=1S/C26H28N4O4/c1-24(2,3)29-22(32)20-26-13-12-25(4,34-26)18(21(31)28-16-9-6-5-7-10-16)19(26)23(33)30(20)17-11-8-14-27-15-17/h5-15,18-20H,1-4H3,(H,28,31)(H,29,32)/t18-,19+,20+,25-,26+/m1/s1. The van der Waals surface area contributed by atoms with Crippen LogP contribution in [0.2, 0.25) is 0 Å². The number of aromatic nitrogens is 1. The summed E-state index contributed by atoms with van der Waals surface area (Å²) in [5, 5.41) is 5.92. The third kappa shape index (κ3) is 3.32. The normalized spacial score (nSPS) is 31.5. The highest BCUT2D eigenvalue weighted by Gasteiger charge is 2.76. The summed E-state index contributed by atoms with van der Waals surface area (Å²) < 4.78 is 6.50. The predicted molar refractivity (Wildman–Crippen MR) is 127 cm³/mol. The number of benzene rings is 1. The largest absolute Gasteiger partial charge is 0.356 e. The van der Waals surface area contributed by atoms with Crippen LogP contribution in [-0.2, 0) is 19.1 Å². The first-order valence-corrected chi connectivity index (χ1v) is 11.4. The molecule has 1 aromatic carbocycles. The quantitative estimate of drug-likeness (QED) is 0.684. The van der Waals surface area contributed by atoms with E-state index in [4.69, 9.17) is 4.74 Å². The number of ether oxygens (including phenoxy) is 1. The maximum Gasteiger partial charge on any atom is 0.246 e. The van der Waals surface area contributed by atoms with Gasteiger partial charge in [0.1, 0.15) is 11.6 Å². The fourth-order valence-electron chi connectivity index (χ4n) is 5.49. The number of carbonyl (C=O) groups excluding carboxylic acids is 3. The van der Waals surface area contributed by atoms with E-state index in [0.29, 0.717) is 11.4 Å². The van der Waals surface area contributed by atoms with Gasteiger partial charge in [0, 0.05) is 17.4 Å². The zero-order valence-electron chi connectivity index (χ0n) is 19.6. The smallest absolute Gasteiger partial charge is 0.246 e. The number of anilines is 2. The van der Waals surface area contributed by atoms with Gasteiger partial charge in [0.2, 0.25) is 17.7 Å². The van der Waals surface area contributed by atoms with Crippen LogP contribution in [0.1, 0.15) is 27.7 Å². The monoisotopic (exact) mass is 460 g/mol. The molecule has 4 heterocycles. The second-order valence-electron chi connectivity index (χ2n) is 10.3. The molecule has 0 unspecified atom stereocenters. The van der Waals surface area contributed by atoms with E-state index in [0.717, 1.165) is 0 Å². The van der Waals surface area contributed by atoms with Crippen LogP contribution in [0.15, 0.2) is 67.0 Å². The number of pyridine rings is 1. The first-order chi connectivity index (χ1) is 16.1. The molecule has 8 heteroatoms. The molecule has 8 nitrogen and oxygen atoms in total. The number of hydrogen-bond donors (Lipinski definition) is 2. The number of carbonyl (C=O) groups is 3. The molecular weight excluding hydrogens is 432 g/mol. The van der Waals surface area contributed by atoms with Gasteiger partial charge in [0.05, 0.1) is 29.3 Å². The summed E-state index contributed by atoms with van der Waals surface area (Å²) in [6.45, 7) is 7.44. The molecule has 1 aromatic heterocycles. The van der Waals surface area contributed by atoms with Crippen LogP contribution in [-0.4, -0.2) is 45.5 Å². The molecule has 2 saturated heterocycles. The van der Waals surface area contributed by atoms with Crippen molar-refractivity contribution in [2.75, 3.05) is 10.2 Å². The molecule has 2 fully saturated rings. The zero-order valence-corrected chi connectivity index (χ0v) is 19.6. The molecule has 2 bridgehead atoms. The molecule has 5 atom stereocenters. The summed E-state index contributed by atoms with van der Waals surface area (Å²) in [6, 6.07) is 11.6. The molecular formula is C26H28N4O4. The van der Waals surface area contributed by atoms with Crippen molar-refractivity contribution < 1.29 is 19.1 Å². The van der Waals surface area contributed by atoms with Gasteiger partial charge in [-0.2, -0.15) is 0 Å². The molecule has 176 valence electrons. The summed E-state index contributed by atoms with van der Waals surface area (Å²) in [4.78, 5) is 46.8. The zero-order chi connectivity index (χ0) is 24.3. The molecule has 5 rings (SSSR count). The molecule has 3 aliphatic heterocycles. The fourth-order valence-corrected chi connectivity index (χ4v) is 5.49. The lowest BCUT2D eigenvalue weighted by atomic mass is 9.70. The van der Waals surface area contributed by atoms with Gasteiger partial charge in [-0.3, -0.25) is 24.3 Å². The summed E-state index contributed by atoms with van der Waals surface area (Å²) in [6.07, 6.45) is 6.76. The molecule has 3 aliphatic rings. The van der Waals surface area contributed by atoms with Crippen LogP contribution in [0.4, 0.5) is 11.4 Å². The number of rotatable bonds is 4. The number of nitrogens with one attached hydrogen (secondary N) is 2. The van der Waals surface area contributed by atoms with E-state index in [2.05, 4.69) is 15.6 Å². The van der Waals surface area contributed by atoms with E-state index in [1.165, 1.54) is 4.90 Å². The minimum absolute atomic E-state index is 0.318. The minimum atomic E-state index is -1.27. The van der Waals surface area contributed by atoms with E-state index < -0.39 is 34.6 Å². The Kier molecular flexibility index (Phi) is 4.91. The van der Waals surface area contributed by atoms with Gasteiger partial charge < -0.3 is 15.4 Å². The van der Waals surface area contributed by atoms with E-state index in [1.807, 2.05) is 45.0 Å². The molecule has 34 heavy (non-hydrogen) atoms. The van der Waals surface area contributed by atoms with E-state index >= 15 is 0 Å². The lowest BCUT2D eigenvalue weighted by Gasteiger charge is -2.34. The Morgan fingerprint density at radius 1 is 1.06 bits per heavy atom. The second-order valence-corrected chi connectivity index (χ2v) is 10.3. The van der Waals surface area contributed by atoms with Crippen LogP contribution in [0.5, 0.6) is 0 Å². The van der Waals surface area contributed by atoms with Crippen molar-refractivity contribution in [1.82, 2.24) is 10.3 Å². The molecule has 0 saturated carbocycles. The molecule has 3 amide bonds. The second kappa shape index (κ2) is 7.50. The maximum absolute atomic E-state index is 14.0. The van der Waals surface area contributed by atoms with Crippen molar-refractivity contribution in [1.29, 1.82) is 0 Å². The van der Waals surface area contributed by atoms with Crippen LogP contribution in [0.25, 0.3) is 0 Å². The van der Waals surface area contributed by atoms with Gasteiger partial charge in [-0.15, -0.1) is 0 Å². The third-order valence-corrected chi connectivity index (χ3v) is 6.69. The predicted octanol–water partition coefficient (Wildman–Crippen LogP) is 2.68.